The van der Waals surface area contributed by atoms with Crippen LogP contribution in [0.4, 0.5) is 5.69 Å². The van der Waals surface area contributed by atoms with Gasteiger partial charge < -0.3 is 15.1 Å². The summed E-state index contributed by atoms with van der Waals surface area (Å²) in [6.07, 6.45) is 0.292. The van der Waals surface area contributed by atoms with Crippen molar-refractivity contribution in [1.29, 1.82) is 0 Å². The third-order valence-electron chi connectivity index (χ3n) is 3.23. The molecular weight excluding hydrogens is 282 g/mol. The summed E-state index contributed by atoms with van der Waals surface area (Å²) in [4.78, 5) is 35.5. The Hall–Kier alpha value is -2.02. The number of carbonyl (C=O) groups is 3. The Balaban J connectivity index is 2.47. The second-order valence-electron chi connectivity index (χ2n) is 4.60. The Morgan fingerprint density at radius 2 is 2.00 bits per heavy atom. The first-order valence-corrected chi connectivity index (χ1v) is 6.59. The van der Waals surface area contributed by atoms with Gasteiger partial charge in [-0.2, -0.15) is 12.6 Å². The third-order valence-corrected chi connectivity index (χ3v) is 3.75. The smallest absolute Gasteiger partial charge is 0.337 e. The standard InChI is InChI=1S/C13H13NO5S/c15-11-3-7(6-20)5-14(11)10-4-8(12(16)17)1-2-9(10)13(18)19/h1-2,4,7,20H,3,5-6H2,(H,16,17)(H,18,19). The van der Waals surface area contributed by atoms with Crippen molar-refractivity contribution in [2.24, 2.45) is 5.92 Å². The Kier molecular flexibility index (Phi) is 3.99. The fourth-order valence-corrected chi connectivity index (χ4v) is 2.45. The highest BCUT2D eigenvalue weighted by atomic mass is 32.1. The number of rotatable bonds is 4. The van der Waals surface area contributed by atoms with E-state index in [-0.39, 0.29) is 28.6 Å². The zero-order valence-corrected chi connectivity index (χ0v) is 11.3. The molecule has 20 heavy (non-hydrogen) atoms. The average Bonchev–Trinajstić information content (AvgIpc) is 2.79. The van der Waals surface area contributed by atoms with Crippen molar-refractivity contribution in [3.8, 4) is 0 Å². The van der Waals surface area contributed by atoms with Crippen LogP contribution in [0.15, 0.2) is 18.2 Å². The molecular formula is C13H13NO5S. The van der Waals surface area contributed by atoms with Gasteiger partial charge in [-0.25, -0.2) is 9.59 Å². The molecule has 2 N–H and O–H groups in total. The molecule has 1 atom stereocenters. The maximum absolute atomic E-state index is 12.0. The molecule has 1 saturated heterocycles. The van der Waals surface area contributed by atoms with Gasteiger partial charge in [0.05, 0.1) is 16.8 Å². The molecule has 0 aliphatic carbocycles. The van der Waals surface area contributed by atoms with Crippen LogP contribution in [0.2, 0.25) is 0 Å². The maximum Gasteiger partial charge on any atom is 0.337 e. The van der Waals surface area contributed by atoms with Gasteiger partial charge in [0.25, 0.3) is 0 Å². The predicted octanol–water partition coefficient (Wildman–Crippen LogP) is 1.37. The van der Waals surface area contributed by atoms with Gasteiger partial charge in [0, 0.05) is 13.0 Å². The van der Waals surface area contributed by atoms with E-state index in [1.165, 1.54) is 23.1 Å². The Morgan fingerprint density at radius 3 is 2.50 bits per heavy atom. The van der Waals surface area contributed by atoms with Crippen LogP contribution in [-0.4, -0.2) is 40.4 Å². The summed E-state index contributed by atoms with van der Waals surface area (Å²) in [5.74, 6) is -2.02. The van der Waals surface area contributed by atoms with Crippen LogP contribution in [-0.2, 0) is 4.79 Å². The van der Waals surface area contributed by atoms with Crippen LogP contribution < -0.4 is 4.90 Å². The number of benzene rings is 1. The first-order chi connectivity index (χ1) is 9.43. The van der Waals surface area contributed by atoms with Gasteiger partial charge in [0.2, 0.25) is 5.91 Å². The Labute approximate surface area is 120 Å². The molecule has 1 heterocycles. The largest absolute Gasteiger partial charge is 0.478 e. The minimum Gasteiger partial charge on any atom is -0.478 e. The first-order valence-electron chi connectivity index (χ1n) is 5.96. The normalized spacial score (nSPS) is 18.4. The van der Waals surface area contributed by atoms with E-state index in [9.17, 15) is 14.4 Å². The van der Waals surface area contributed by atoms with Crippen molar-refractivity contribution in [1.82, 2.24) is 0 Å². The van der Waals surface area contributed by atoms with Gasteiger partial charge in [-0.1, -0.05) is 0 Å². The molecule has 0 spiro atoms. The molecule has 7 heteroatoms. The minimum atomic E-state index is -1.20. The zero-order chi connectivity index (χ0) is 14.9. The van der Waals surface area contributed by atoms with Crippen LogP contribution in [0.1, 0.15) is 27.1 Å². The number of thiol groups is 1. The first kappa shape index (κ1) is 14.4. The summed E-state index contributed by atoms with van der Waals surface area (Å²) >= 11 is 4.14. The van der Waals surface area contributed by atoms with Gasteiger partial charge >= 0.3 is 11.9 Å². The summed E-state index contributed by atoms with van der Waals surface area (Å²) < 4.78 is 0. The molecule has 2 rings (SSSR count). The van der Waals surface area contributed by atoms with Gasteiger partial charge in [0.1, 0.15) is 0 Å². The lowest BCUT2D eigenvalue weighted by atomic mass is 10.1. The van der Waals surface area contributed by atoms with Gasteiger partial charge in [-0.3, -0.25) is 4.79 Å². The second kappa shape index (κ2) is 5.54. The zero-order valence-electron chi connectivity index (χ0n) is 10.4. The number of carbonyl (C=O) groups excluding carboxylic acids is 1. The van der Waals surface area contributed by atoms with Crippen LogP contribution >= 0.6 is 12.6 Å². The minimum absolute atomic E-state index is 0.0426. The van der Waals surface area contributed by atoms with E-state index in [2.05, 4.69) is 12.6 Å². The molecule has 6 nitrogen and oxygen atoms in total. The van der Waals surface area contributed by atoms with Crippen LogP contribution in [0.5, 0.6) is 0 Å². The third kappa shape index (κ3) is 2.62. The highest BCUT2D eigenvalue weighted by Gasteiger charge is 2.32. The molecule has 0 bridgehead atoms. The molecule has 1 aromatic carbocycles. The van der Waals surface area contributed by atoms with Crippen molar-refractivity contribution >= 4 is 36.2 Å². The lowest BCUT2D eigenvalue weighted by Gasteiger charge is -2.19. The average molecular weight is 295 g/mol. The van der Waals surface area contributed by atoms with Crippen LogP contribution in [0.25, 0.3) is 0 Å². The number of carboxylic acids is 2. The van der Waals surface area contributed by atoms with Crippen molar-refractivity contribution in [2.75, 3.05) is 17.2 Å². The van der Waals surface area contributed by atoms with Crippen LogP contribution in [0, 0.1) is 5.92 Å². The number of anilines is 1. The van der Waals surface area contributed by atoms with Crippen molar-refractivity contribution in [2.45, 2.75) is 6.42 Å². The summed E-state index contributed by atoms with van der Waals surface area (Å²) in [7, 11) is 0. The lowest BCUT2D eigenvalue weighted by molar-refractivity contribution is -0.117. The predicted molar refractivity (Wildman–Crippen MR) is 74.7 cm³/mol. The summed E-state index contributed by atoms with van der Waals surface area (Å²) in [6, 6.07) is 3.65. The highest BCUT2D eigenvalue weighted by Crippen LogP contribution is 2.29. The van der Waals surface area contributed by atoms with E-state index in [4.69, 9.17) is 10.2 Å². The molecule has 106 valence electrons. The van der Waals surface area contributed by atoms with E-state index in [1.54, 1.807) is 0 Å². The van der Waals surface area contributed by atoms with E-state index < -0.39 is 11.9 Å². The van der Waals surface area contributed by atoms with Crippen molar-refractivity contribution in [3.05, 3.63) is 29.3 Å². The molecule has 1 aliphatic heterocycles. The fourth-order valence-electron chi connectivity index (χ4n) is 2.21. The van der Waals surface area contributed by atoms with Crippen molar-refractivity contribution in [3.63, 3.8) is 0 Å². The number of aromatic carboxylic acids is 2. The lowest BCUT2D eigenvalue weighted by Crippen LogP contribution is -2.27. The molecule has 0 radical (unpaired) electrons. The summed E-state index contributed by atoms with van der Waals surface area (Å²) in [5, 5.41) is 18.1. The highest BCUT2D eigenvalue weighted by molar-refractivity contribution is 7.80. The van der Waals surface area contributed by atoms with Gasteiger partial charge in [0.15, 0.2) is 0 Å². The van der Waals surface area contributed by atoms with E-state index >= 15 is 0 Å². The number of hydrogen-bond donors (Lipinski definition) is 3. The van der Waals surface area contributed by atoms with Gasteiger partial charge in [-0.05, 0) is 29.9 Å². The number of amides is 1. The molecule has 1 aromatic rings. The molecule has 1 amide bonds. The maximum atomic E-state index is 12.0. The molecule has 1 unspecified atom stereocenters. The Bertz CT molecular complexity index is 586. The number of hydrogen-bond acceptors (Lipinski definition) is 4. The molecule has 1 fully saturated rings. The number of carboxylic acid groups (broad SMARTS) is 2. The Morgan fingerprint density at radius 1 is 1.30 bits per heavy atom. The topological polar surface area (TPSA) is 94.9 Å². The van der Waals surface area contributed by atoms with E-state index in [0.717, 1.165) is 0 Å². The van der Waals surface area contributed by atoms with E-state index in [0.29, 0.717) is 18.7 Å². The number of nitrogens with zero attached hydrogens (tertiary/aromatic N) is 1. The molecule has 1 aliphatic rings. The SMILES string of the molecule is O=C(O)c1ccc(C(=O)O)c(N2CC(CS)CC2=O)c1. The van der Waals surface area contributed by atoms with Crippen LogP contribution in [0.3, 0.4) is 0 Å². The fraction of sp³-hybridized carbons (Fsp3) is 0.308. The summed E-state index contributed by atoms with van der Waals surface area (Å²) in [6.45, 7) is 0.353. The second-order valence-corrected chi connectivity index (χ2v) is 4.96. The van der Waals surface area contributed by atoms with Crippen molar-refractivity contribution < 1.29 is 24.6 Å². The van der Waals surface area contributed by atoms with E-state index in [1.807, 2.05) is 0 Å². The summed E-state index contributed by atoms with van der Waals surface area (Å²) in [5.41, 5.74) is 0.00183. The monoisotopic (exact) mass is 295 g/mol. The quantitative estimate of drug-likeness (QED) is 0.729. The molecule has 0 saturated carbocycles. The van der Waals surface area contributed by atoms with Gasteiger partial charge in [-0.15, -0.1) is 0 Å². The molecule has 0 aromatic heterocycles.